The Morgan fingerprint density at radius 2 is 1.60 bits per heavy atom. The molecule has 0 spiro atoms. The largest absolute Gasteiger partial charge is 0.478 e. The highest BCUT2D eigenvalue weighted by molar-refractivity contribution is 6.11. The summed E-state index contributed by atoms with van der Waals surface area (Å²) in [6.45, 7) is 0. The van der Waals surface area contributed by atoms with Crippen LogP contribution in [0.25, 0.3) is 0 Å². The molecule has 150 valence electrons. The Kier molecular flexibility index (Phi) is 5.04. The number of hydrogen-bond acceptors (Lipinski definition) is 5. The van der Waals surface area contributed by atoms with E-state index in [1.54, 1.807) is 0 Å². The molecule has 0 aromatic heterocycles. The molecule has 4 rings (SSSR count). The Morgan fingerprint density at radius 1 is 0.967 bits per heavy atom. The summed E-state index contributed by atoms with van der Waals surface area (Å²) in [5.74, 6) is -2.01. The number of carboxylic acids is 1. The van der Waals surface area contributed by atoms with Gasteiger partial charge in [0.15, 0.2) is 0 Å². The third-order valence-corrected chi connectivity index (χ3v) is 4.98. The molecular formula is C23H19N3O4. The summed E-state index contributed by atoms with van der Waals surface area (Å²) >= 11 is 0. The zero-order chi connectivity index (χ0) is 21.3. The van der Waals surface area contributed by atoms with Crippen molar-refractivity contribution in [2.45, 2.75) is 12.3 Å². The lowest BCUT2D eigenvalue weighted by molar-refractivity contribution is -0.126. The molecule has 4 N–H and O–H groups in total. The smallest absolute Gasteiger partial charge is 0.335 e. The van der Waals surface area contributed by atoms with Crippen molar-refractivity contribution in [2.75, 3.05) is 4.90 Å². The number of nitrogens with zero attached hydrogens (tertiary/aromatic N) is 2. The second-order valence-electron chi connectivity index (χ2n) is 6.87. The molecule has 1 aliphatic heterocycles. The topological polar surface area (TPSA) is 116 Å². The van der Waals surface area contributed by atoms with E-state index in [2.05, 4.69) is 0 Å². The fraction of sp³-hybridized carbons (Fsp3) is 0.0870. The van der Waals surface area contributed by atoms with E-state index in [9.17, 15) is 19.8 Å². The van der Waals surface area contributed by atoms with Crippen LogP contribution in [0.4, 0.5) is 11.4 Å². The number of anilines is 1. The quantitative estimate of drug-likeness (QED) is 0.608. The highest BCUT2D eigenvalue weighted by Crippen LogP contribution is 2.43. The minimum atomic E-state index is -1.64. The summed E-state index contributed by atoms with van der Waals surface area (Å²) in [5, 5.41) is 20.1. The highest BCUT2D eigenvalue weighted by atomic mass is 16.4. The predicted octanol–water partition coefficient (Wildman–Crippen LogP) is 2.87. The van der Waals surface area contributed by atoms with Crippen LogP contribution in [0, 0.1) is 0 Å². The molecule has 1 aliphatic rings. The Hall–Kier alpha value is -3.97. The molecule has 2 atom stereocenters. The van der Waals surface area contributed by atoms with Gasteiger partial charge in [-0.05, 0) is 29.3 Å². The molecule has 0 saturated heterocycles. The van der Waals surface area contributed by atoms with Crippen molar-refractivity contribution in [1.82, 2.24) is 0 Å². The van der Waals surface area contributed by atoms with Crippen molar-refractivity contribution >= 4 is 29.0 Å². The van der Waals surface area contributed by atoms with Crippen LogP contribution >= 0.6 is 0 Å². The van der Waals surface area contributed by atoms with Gasteiger partial charge >= 0.3 is 5.97 Å². The second-order valence-corrected chi connectivity index (χ2v) is 6.87. The summed E-state index contributed by atoms with van der Waals surface area (Å²) in [6, 6.07) is 22.4. The van der Waals surface area contributed by atoms with Crippen molar-refractivity contribution in [3.05, 3.63) is 95.6 Å². The summed E-state index contributed by atoms with van der Waals surface area (Å²) in [5.41, 5.74) is 8.41. The number of primary amides is 1. The second kappa shape index (κ2) is 7.81. The van der Waals surface area contributed by atoms with Crippen LogP contribution in [0.5, 0.6) is 0 Å². The number of aliphatic imine (C=N–C) groups is 1. The normalized spacial score (nSPS) is 16.4. The lowest BCUT2D eigenvalue weighted by atomic mass is 9.91. The number of amides is 1. The lowest BCUT2D eigenvalue weighted by Crippen LogP contribution is -2.50. The van der Waals surface area contributed by atoms with Crippen LogP contribution < -0.4 is 10.6 Å². The predicted molar refractivity (Wildman–Crippen MR) is 113 cm³/mol. The number of fused-ring (bicyclic) bond motifs is 1. The molecule has 1 unspecified atom stereocenters. The van der Waals surface area contributed by atoms with E-state index < -0.39 is 24.1 Å². The zero-order valence-corrected chi connectivity index (χ0v) is 15.8. The summed E-state index contributed by atoms with van der Waals surface area (Å²) in [4.78, 5) is 29.7. The minimum absolute atomic E-state index is 0.0524. The number of aromatic carboxylic acids is 1. The van der Waals surface area contributed by atoms with Crippen LogP contribution in [-0.4, -0.2) is 34.0 Å². The number of aliphatic hydroxyl groups is 1. The first-order valence-electron chi connectivity index (χ1n) is 9.29. The molecule has 0 saturated carbocycles. The Balaban J connectivity index is 2.01. The molecule has 0 bridgehead atoms. The van der Waals surface area contributed by atoms with Crippen molar-refractivity contribution < 1.29 is 19.8 Å². The average molecular weight is 401 g/mol. The molecule has 3 aromatic carbocycles. The van der Waals surface area contributed by atoms with Crippen molar-refractivity contribution in [3.8, 4) is 0 Å². The first-order valence-corrected chi connectivity index (χ1v) is 9.29. The number of aliphatic hydroxyl groups excluding tert-OH is 1. The molecule has 0 aliphatic carbocycles. The zero-order valence-electron chi connectivity index (χ0n) is 15.8. The van der Waals surface area contributed by atoms with Crippen LogP contribution in [0.2, 0.25) is 0 Å². The van der Waals surface area contributed by atoms with E-state index in [0.717, 1.165) is 11.1 Å². The monoisotopic (exact) mass is 401 g/mol. The summed E-state index contributed by atoms with van der Waals surface area (Å²) < 4.78 is 0. The van der Waals surface area contributed by atoms with Crippen LogP contribution in [-0.2, 0) is 4.79 Å². The molecule has 0 fully saturated rings. The fourth-order valence-corrected chi connectivity index (χ4v) is 3.62. The molecule has 7 heteroatoms. The number of carbonyl (C=O) groups excluding carboxylic acids is 1. The van der Waals surface area contributed by atoms with E-state index >= 15 is 0 Å². The lowest BCUT2D eigenvalue weighted by Gasteiger charge is -2.40. The summed E-state index contributed by atoms with van der Waals surface area (Å²) in [7, 11) is 0. The minimum Gasteiger partial charge on any atom is -0.478 e. The van der Waals surface area contributed by atoms with Gasteiger partial charge in [0.2, 0.25) is 6.23 Å². The van der Waals surface area contributed by atoms with Crippen molar-refractivity contribution in [1.29, 1.82) is 0 Å². The molecular weight excluding hydrogens is 382 g/mol. The van der Waals surface area contributed by atoms with Gasteiger partial charge in [-0.2, -0.15) is 0 Å². The molecule has 3 aromatic rings. The number of rotatable bonds is 5. The van der Waals surface area contributed by atoms with E-state index in [1.807, 2.05) is 60.7 Å². The summed E-state index contributed by atoms with van der Waals surface area (Å²) in [6.07, 6.45) is -1.64. The first kappa shape index (κ1) is 19.4. The van der Waals surface area contributed by atoms with Crippen LogP contribution in [0.15, 0.2) is 83.9 Å². The maximum absolute atomic E-state index is 12.0. The third kappa shape index (κ3) is 3.42. The van der Waals surface area contributed by atoms with Gasteiger partial charge in [0.1, 0.15) is 6.04 Å². The third-order valence-electron chi connectivity index (χ3n) is 4.98. The van der Waals surface area contributed by atoms with Crippen molar-refractivity contribution in [3.63, 3.8) is 0 Å². The van der Waals surface area contributed by atoms with Gasteiger partial charge < -0.3 is 20.8 Å². The van der Waals surface area contributed by atoms with Crippen LogP contribution in [0.1, 0.15) is 27.5 Å². The van der Waals surface area contributed by atoms with Gasteiger partial charge in [0, 0.05) is 0 Å². The number of carboxylic acid groups (broad SMARTS) is 1. The van der Waals surface area contributed by atoms with Crippen LogP contribution in [0.3, 0.4) is 0 Å². The number of benzene rings is 3. The number of hydrogen-bond donors (Lipinski definition) is 3. The first-order chi connectivity index (χ1) is 14.5. The van der Waals surface area contributed by atoms with E-state index in [0.29, 0.717) is 17.1 Å². The highest BCUT2D eigenvalue weighted by Gasteiger charge is 2.38. The number of nitrogens with two attached hydrogens (primary N) is 1. The van der Waals surface area contributed by atoms with Gasteiger partial charge in [-0.25, -0.2) is 9.79 Å². The van der Waals surface area contributed by atoms with Gasteiger partial charge in [-0.1, -0.05) is 60.7 Å². The standard InChI is InChI=1S/C23H19N3O4/c24-21(27)22(28)26-18-12-11-16(23(29)30)13-17(18)25-19(14-7-3-1-4-8-14)20(26)15-9-5-2-6-10-15/h1-13,20,22,28H,(H2,24,27)(H,29,30)/t20-,22?/m1/s1. The van der Waals surface area contributed by atoms with E-state index in [1.165, 1.54) is 23.1 Å². The maximum atomic E-state index is 12.0. The molecule has 1 amide bonds. The Morgan fingerprint density at radius 3 is 2.20 bits per heavy atom. The van der Waals surface area contributed by atoms with Gasteiger partial charge in [-0.15, -0.1) is 0 Å². The van der Waals surface area contributed by atoms with E-state index in [4.69, 9.17) is 10.7 Å². The van der Waals surface area contributed by atoms with Crippen molar-refractivity contribution in [2.24, 2.45) is 10.7 Å². The molecule has 30 heavy (non-hydrogen) atoms. The fourth-order valence-electron chi connectivity index (χ4n) is 3.62. The number of carbonyl (C=O) groups is 2. The maximum Gasteiger partial charge on any atom is 0.335 e. The van der Waals surface area contributed by atoms with Gasteiger partial charge in [0.05, 0.1) is 22.6 Å². The van der Waals surface area contributed by atoms with Gasteiger partial charge in [-0.3, -0.25) is 4.79 Å². The average Bonchev–Trinajstić information content (AvgIpc) is 2.78. The molecule has 7 nitrogen and oxygen atoms in total. The van der Waals surface area contributed by atoms with E-state index in [-0.39, 0.29) is 5.56 Å². The Bertz CT molecular complexity index is 1130. The molecule has 0 radical (unpaired) electrons. The SMILES string of the molecule is NC(=O)C(O)N1c2ccc(C(=O)O)cc2N=C(c2ccccc2)[C@H]1c1ccccc1. The molecule has 1 heterocycles. The van der Waals surface area contributed by atoms with Gasteiger partial charge in [0.25, 0.3) is 5.91 Å². The Labute approximate surface area is 172 Å².